The molecular weight excluding hydrogens is 228 g/mol. The van der Waals surface area contributed by atoms with E-state index >= 15 is 0 Å². The summed E-state index contributed by atoms with van der Waals surface area (Å²) in [5.41, 5.74) is 0. The smallest absolute Gasteiger partial charge is 0.245 e. The zero-order valence-corrected chi connectivity index (χ0v) is 11.6. The van der Waals surface area contributed by atoms with Gasteiger partial charge in [-0.15, -0.1) is 0 Å². The number of rotatable bonds is 4. The highest BCUT2D eigenvalue weighted by molar-refractivity contribution is 5.96. The highest BCUT2D eigenvalue weighted by Crippen LogP contribution is 2.29. The van der Waals surface area contributed by atoms with Gasteiger partial charge in [0.15, 0.2) is 0 Å². The summed E-state index contributed by atoms with van der Waals surface area (Å²) in [6, 6.07) is -0.615. The van der Waals surface area contributed by atoms with E-state index in [-0.39, 0.29) is 23.9 Å². The van der Waals surface area contributed by atoms with Crippen molar-refractivity contribution in [3.05, 3.63) is 0 Å². The van der Waals surface area contributed by atoms with Crippen LogP contribution in [-0.4, -0.2) is 35.3 Å². The maximum absolute atomic E-state index is 12.4. The van der Waals surface area contributed by atoms with Crippen molar-refractivity contribution in [1.29, 1.82) is 0 Å². The van der Waals surface area contributed by atoms with E-state index in [4.69, 9.17) is 0 Å². The average Bonchev–Trinajstić information content (AvgIpc) is 2.23. The zero-order chi connectivity index (χ0) is 13.3. The molecule has 1 N–H and O–H groups in total. The molecule has 1 aliphatic heterocycles. The molecule has 0 radical (unpaired) electrons. The van der Waals surface area contributed by atoms with Crippen LogP contribution < -0.4 is 5.32 Å². The van der Waals surface area contributed by atoms with Gasteiger partial charge in [-0.05, 0) is 38.0 Å². The van der Waals surface area contributed by atoms with Gasteiger partial charge in [0.1, 0.15) is 12.1 Å². The van der Waals surface area contributed by atoms with Crippen LogP contribution in [-0.2, 0) is 9.59 Å². The Balaban J connectivity index is 2.04. The number of nitrogens with zero attached hydrogens (tertiary/aromatic N) is 1. The van der Waals surface area contributed by atoms with Crippen LogP contribution in [0, 0.1) is 11.8 Å². The van der Waals surface area contributed by atoms with Crippen molar-refractivity contribution < 1.29 is 9.59 Å². The lowest BCUT2D eigenvalue weighted by molar-refractivity contribution is -0.150. The van der Waals surface area contributed by atoms with Crippen molar-refractivity contribution in [3.8, 4) is 0 Å². The van der Waals surface area contributed by atoms with E-state index in [1.54, 1.807) is 4.90 Å². The van der Waals surface area contributed by atoms with Gasteiger partial charge < -0.3 is 10.2 Å². The van der Waals surface area contributed by atoms with E-state index in [1.807, 2.05) is 6.92 Å². The monoisotopic (exact) mass is 252 g/mol. The predicted molar refractivity (Wildman–Crippen MR) is 69.9 cm³/mol. The van der Waals surface area contributed by atoms with Gasteiger partial charge in [0.25, 0.3) is 0 Å². The van der Waals surface area contributed by atoms with Crippen molar-refractivity contribution in [1.82, 2.24) is 10.2 Å². The predicted octanol–water partition coefficient (Wildman–Crippen LogP) is 1.55. The number of hydrogen-bond acceptors (Lipinski definition) is 2. The first kappa shape index (κ1) is 13.4. The SMILES string of the molecule is CC(C)CC1NC(=O)C(C)N(CC2CCC2)C1=O. The molecule has 2 aliphatic rings. The number of piperazine rings is 1. The van der Waals surface area contributed by atoms with Gasteiger partial charge in [0.05, 0.1) is 0 Å². The lowest BCUT2D eigenvalue weighted by Gasteiger charge is -2.41. The molecule has 0 aromatic rings. The first-order chi connectivity index (χ1) is 8.49. The Hall–Kier alpha value is -1.06. The van der Waals surface area contributed by atoms with Crippen molar-refractivity contribution in [2.45, 2.75) is 58.5 Å². The van der Waals surface area contributed by atoms with E-state index in [2.05, 4.69) is 19.2 Å². The second-order valence-electron chi connectivity index (χ2n) is 6.15. The van der Waals surface area contributed by atoms with Gasteiger partial charge in [-0.3, -0.25) is 9.59 Å². The Morgan fingerprint density at radius 1 is 1.33 bits per heavy atom. The van der Waals surface area contributed by atoms with Crippen LogP contribution in [0.5, 0.6) is 0 Å². The highest BCUT2D eigenvalue weighted by atomic mass is 16.2. The summed E-state index contributed by atoms with van der Waals surface area (Å²) in [6.07, 6.45) is 4.40. The molecule has 18 heavy (non-hydrogen) atoms. The molecule has 0 aromatic heterocycles. The van der Waals surface area contributed by atoms with Crippen molar-refractivity contribution in [2.24, 2.45) is 11.8 Å². The summed E-state index contributed by atoms with van der Waals surface area (Å²) in [6.45, 7) is 6.75. The number of amides is 2. The molecule has 2 fully saturated rings. The normalized spacial score (nSPS) is 29.4. The minimum Gasteiger partial charge on any atom is -0.343 e. The van der Waals surface area contributed by atoms with E-state index in [0.29, 0.717) is 11.8 Å². The summed E-state index contributed by atoms with van der Waals surface area (Å²) in [5.74, 6) is 1.14. The second-order valence-corrected chi connectivity index (χ2v) is 6.15. The van der Waals surface area contributed by atoms with Crippen LogP contribution in [0.25, 0.3) is 0 Å². The fourth-order valence-electron chi connectivity index (χ4n) is 2.72. The molecule has 4 heteroatoms. The minimum absolute atomic E-state index is 0.000395. The Kier molecular flexibility index (Phi) is 3.93. The van der Waals surface area contributed by atoms with E-state index in [0.717, 1.165) is 13.0 Å². The second kappa shape index (κ2) is 5.29. The fourth-order valence-corrected chi connectivity index (χ4v) is 2.72. The fraction of sp³-hybridized carbons (Fsp3) is 0.857. The topological polar surface area (TPSA) is 49.4 Å². The van der Waals surface area contributed by atoms with Crippen LogP contribution >= 0.6 is 0 Å². The first-order valence-electron chi connectivity index (χ1n) is 7.10. The molecule has 0 aromatic carbocycles. The average molecular weight is 252 g/mol. The molecule has 2 rings (SSSR count). The van der Waals surface area contributed by atoms with Gasteiger partial charge in [0, 0.05) is 6.54 Å². The molecule has 1 heterocycles. The Morgan fingerprint density at radius 2 is 2.00 bits per heavy atom. The van der Waals surface area contributed by atoms with Crippen LogP contribution in [0.3, 0.4) is 0 Å². The van der Waals surface area contributed by atoms with E-state index in [1.165, 1.54) is 19.3 Å². The van der Waals surface area contributed by atoms with E-state index < -0.39 is 0 Å². The van der Waals surface area contributed by atoms with Crippen molar-refractivity contribution >= 4 is 11.8 Å². The summed E-state index contributed by atoms with van der Waals surface area (Å²) < 4.78 is 0. The maximum atomic E-state index is 12.4. The van der Waals surface area contributed by atoms with Gasteiger partial charge in [-0.1, -0.05) is 20.3 Å². The summed E-state index contributed by atoms with van der Waals surface area (Å²) in [4.78, 5) is 26.1. The third-order valence-electron chi connectivity index (χ3n) is 4.13. The zero-order valence-electron chi connectivity index (χ0n) is 11.6. The van der Waals surface area contributed by atoms with Gasteiger partial charge >= 0.3 is 0 Å². The van der Waals surface area contributed by atoms with Crippen LogP contribution in [0.4, 0.5) is 0 Å². The Bertz CT molecular complexity index is 337. The van der Waals surface area contributed by atoms with Gasteiger partial charge in [-0.25, -0.2) is 0 Å². The van der Waals surface area contributed by atoms with Gasteiger partial charge in [-0.2, -0.15) is 0 Å². The molecule has 0 bridgehead atoms. The molecule has 1 aliphatic carbocycles. The molecule has 102 valence electrons. The lowest BCUT2D eigenvalue weighted by atomic mass is 9.84. The number of carbonyl (C=O) groups is 2. The van der Waals surface area contributed by atoms with E-state index in [9.17, 15) is 9.59 Å². The molecule has 1 saturated heterocycles. The van der Waals surface area contributed by atoms with Crippen LogP contribution in [0.2, 0.25) is 0 Å². The van der Waals surface area contributed by atoms with Crippen molar-refractivity contribution in [2.75, 3.05) is 6.54 Å². The molecule has 0 spiro atoms. The summed E-state index contributed by atoms with van der Waals surface area (Å²) in [7, 11) is 0. The van der Waals surface area contributed by atoms with Gasteiger partial charge in [0.2, 0.25) is 11.8 Å². The maximum Gasteiger partial charge on any atom is 0.245 e. The molecule has 4 nitrogen and oxygen atoms in total. The first-order valence-corrected chi connectivity index (χ1v) is 7.10. The number of nitrogens with one attached hydrogen (secondary N) is 1. The van der Waals surface area contributed by atoms with Crippen LogP contribution in [0.1, 0.15) is 46.5 Å². The highest BCUT2D eigenvalue weighted by Gasteiger charge is 2.39. The largest absolute Gasteiger partial charge is 0.343 e. The third kappa shape index (κ3) is 2.68. The molecule has 1 saturated carbocycles. The number of carbonyl (C=O) groups excluding carboxylic acids is 2. The molecule has 2 unspecified atom stereocenters. The summed E-state index contributed by atoms with van der Waals surface area (Å²) in [5, 5.41) is 2.86. The molecule has 2 amide bonds. The Morgan fingerprint density at radius 3 is 2.50 bits per heavy atom. The quantitative estimate of drug-likeness (QED) is 0.825. The third-order valence-corrected chi connectivity index (χ3v) is 4.13. The Labute approximate surface area is 109 Å². The lowest BCUT2D eigenvalue weighted by Crippen LogP contribution is -2.63. The van der Waals surface area contributed by atoms with Crippen LogP contribution in [0.15, 0.2) is 0 Å². The summed E-state index contributed by atoms with van der Waals surface area (Å²) >= 11 is 0. The molecular formula is C14H24N2O2. The standard InChI is InChI=1S/C14H24N2O2/c1-9(2)7-12-14(18)16(8-11-5-4-6-11)10(3)13(17)15-12/h9-12H,4-8H2,1-3H3,(H,15,17). The van der Waals surface area contributed by atoms with Crippen molar-refractivity contribution in [3.63, 3.8) is 0 Å². The number of hydrogen-bond donors (Lipinski definition) is 1. The molecule has 2 atom stereocenters. The minimum atomic E-state index is -0.311.